The van der Waals surface area contributed by atoms with Gasteiger partial charge in [-0.15, -0.1) is 0 Å². The largest absolute Gasteiger partial charge is 0.207 e. The van der Waals surface area contributed by atoms with Crippen LogP contribution in [0.15, 0.2) is 42.5 Å². The minimum absolute atomic E-state index is 0.000237. The van der Waals surface area contributed by atoms with Crippen molar-refractivity contribution in [3.63, 3.8) is 0 Å². The molecule has 0 aliphatic heterocycles. The Morgan fingerprint density at radius 1 is 0.636 bits per heavy atom. The fraction of sp³-hybridized carbons (Fsp3) is 0.625. The van der Waals surface area contributed by atoms with Crippen LogP contribution in [0.1, 0.15) is 127 Å². The molecule has 2 aromatic rings. The first-order chi connectivity index (χ1) is 16.2. The molecule has 0 aromatic heterocycles. The van der Waals surface area contributed by atoms with Crippen molar-refractivity contribution < 1.29 is 4.39 Å². The number of hydrogen-bond acceptors (Lipinski definition) is 0. The second-order valence-electron chi connectivity index (χ2n) is 11.1. The molecule has 0 heterocycles. The molecule has 0 N–H and O–H groups in total. The molecule has 180 valence electrons. The number of rotatable bonds is 9. The Morgan fingerprint density at radius 2 is 1.24 bits per heavy atom. The van der Waals surface area contributed by atoms with Gasteiger partial charge in [0.05, 0.1) is 0 Å². The normalized spacial score (nSPS) is 25.8. The van der Waals surface area contributed by atoms with Crippen LogP contribution in [-0.2, 0) is 0 Å². The first kappa shape index (κ1) is 24.5. The van der Waals surface area contributed by atoms with E-state index in [-0.39, 0.29) is 5.82 Å². The molecule has 2 aliphatic carbocycles. The molecule has 0 atom stereocenters. The summed E-state index contributed by atoms with van der Waals surface area (Å²) in [5, 5.41) is 0. The van der Waals surface area contributed by atoms with Crippen LogP contribution in [0.4, 0.5) is 4.39 Å². The molecule has 0 spiro atoms. The monoisotopic (exact) mass is 448 g/mol. The molecule has 4 rings (SSSR count). The van der Waals surface area contributed by atoms with Gasteiger partial charge < -0.3 is 0 Å². The minimum Gasteiger partial charge on any atom is -0.207 e. The lowest BCUT2D eigenvalue weighted by Gasteiger charge is -2.29. The van der Waals surface area contributed by atoms with Crippen molar-refractivity contribution >= 4 is 0 Å². The molecule has 2 aliphatic rings. The average Bonchev–Trinajstić information content (AvgIpc) is 2.86. The number of benzene rings is 2. The molecule has 2 fully saturated rings. The van der Waals surface area contributed by atoms with E-state index in [1.54, 1.807) is 6.07 Å². The maximum absolute atomic E-state index is 15.1. The number of hydrogen-bond donors (Lipinski definition) is 0. The van der Waals surface area contributed by atoms with Crippen LogP contribution in [0, 0.1) is 17.7 Å². The second kappa shape index (κ2) is 12.2. The summed E-state index contributed by atoms with van der Waals surface area (Å²) in [4.78, 5) is 0. The van der Waals surface area contributed by atoms with Crippen LogP contribution < -0.4 is 0 Å². The van der Waals surface area contributed by atoms with Crippen molar-refractivity contribution in [1.29, 1.82) is 0 Å². The van der Waals surface area contributed by atoms with Gasteiger partial charge in [-0.2, -0.15) is 0 Å². The second-order valence-corrected chi connectivity index (χ2v) is 11.1. The topological polar surface area (TPSA) is 0 Å². The van der Waals surface area contributed by atoms with Crippen LogP contribution in [0.5, 0.6) is 0 Å². The molecule has 0 unspecified atom stereocenters. The Hall–Kier alpha value is -1.63. The van der Waals surface area contributed by atoms with E-state index >= 15 is 4.39 Å². The van der Waals surface area contributed by atoms with Crippen LogP contribution in [0.25, 0.3) is 11.1 Å². The molecule has 0 amide bonds. The lowest BCUT2D eigenvalue weighted by Crippen LogP contribution is -2.14. The van der Waals surface area contributed by atoms with Crippen molar-refractivity contribution in [3.8, 4) is 11.1 Å². The molecule has 1 heteroatoms. The van der Waals surface area contributed by atoms with Gasteiger partial charge in [0, 0.05) is 0 Å². The van der Waals surface area contributed by atoms with Crippen molar-refractivity contribution in [2.45, 2.75) is 116 Å². The van der Waals surface area contributed by atoms with E-state index in [4.69, 9.17) is 0 Å². The summed E-state index contributed by atoms with van der Waals surface area (Å²) < 4.78 is 15.1. The van der Waals surface area contributed by atoms with Gasteiger partial charge in [0.15, 0.2) is 0 Å². The van der Waals surface area contributed by atoms with Crippen LogP contribution in [-0.4, -0.2) is 0 Å². The predicted octanol–water partition coefficient (Wildman–Crippen LogP) is 10.4. The maximum atomic E-state index is 15.1. The predicted molar refractivity (Wildman–Crippen MR) is 140 cm³/mol. The number of unbranched alkanes of at least 4 members (excludes halogenated alkanes) is 2. The van der Waals surface area contributed by atoms with Crippen LogP contribution >= 0.6 is 0 Å². The third kappa shape index (κ3) is 6.49. The van der Waals surface area contributed by atoms with Gasteiger partial charge in [0.25, 0.3) is 0 Å². The van der Waals surface area contributed by atoms with Gasteiger partial charge >= 0.3 is 0 Å². The highest BCUT2D eigenvalue weighted by Gasteiger charge is 2.25. The Bertz CT molecular complexity index is 835. The third-order valence-electron chi connectivity index (χ3n) is 8.76. The fourth-order valence-electron chi connectivity index (χ4n) is 6.62. The molecule has 0 bridgehead atoms. The van der Waals surface area contributed by atoms with E-state index in [1.807, 2.05) is 0 Å². The van der Waals surface area contributed by atoms with E-state index in [0.717, 1.165) is 41.4 Å². The van der Waals surface area contributed by atoms with Gasteiger partial charge in [0.2, 0.25) is 0 Å². The Kier molecular flexibility index (Phi) is 9.04. The first-order valence-electron chi connectivity index (χ1n) is 14.1. The van der Waals surface area contributed by atoms with Crippen molar-refractivity contribution in [1.82, 2.24) is 0 Å². The van der Waals surface area contributed by atoms with E-state index in [0.29, 0.717) is 11.8 Å². The van der Waals surface area contributed by atoms with Gasteiger partial charge in [-0.25, -0.2) is 4.39 Å². The van der Waals surface area contributed by atoms with Gasteiger partial charge in [-0.05, 0) is 103 Å². The van der Waals surface area contributed by atoms with Crippen molar-refractivity contribution in [3.05, 3.63) is 59.4 Å². The van der Waals surface area contributed by atoms with Crippen molar-refractivity contribution in [2.24, 2.45) is 11.8 Å². The third-order valence-corrected chi connectivity index (χ3v) is 8.76. The first-order valence-corrected chi connectivity index (χ1v) is 14.1. The Labute approximate surface area is 202 Å². The quantitative estimate of drug-likeness (QED) is 0.335. The summed E-state index contributed by atoms with van der Waals surface area (Å²) >= 11 is 0. The SMILES string of the molecule is CCCCCC1CCC(c2ccc(-c3ccc(C4CCC(CCC)CC4)cc3)cc2F)CC1. The van der Waals surface area contributed by atoms with Gasteiger partial charge in [0.1, 0.15) is 5.82 Å². The zero-order valence-corrected chi connectivity index (χ0v) is 21.1. The van der Waals surface area contributed by atoms with E-state index in [9.17, 15) is 0 Å². The van der Waals surface area contributed by atoms with Crippen molar-refractivity contribution in [2.75, 3.05) is 0 Å². The standard InChI is InChI=1S/C32H45F/c1-3-5-6-8-25-11-15-29(16-12-25)31-22-21-30(23-32(31)33)28-19-17-27(18-20-28)26-13-9-24(7-4-2)10-14-26/h17-26,29H,3-16H2,1-2H3. The molecular formula is C32H45F. The Morgan fingerprint density at radius 3 is 1.85 bits per heavy atom. The molecule has 2 aromatic carbocycles. The fourth-order valence-corrected chi connectivity index (χ4v) is 6.62. The molecule has 0 nitrogen and oxygen atoms in total. The maximum Gasteiger partial charge on any atom is 0.127 e. The molecule has 2 saturated carbocycles. The summed E-state index contributed by atoms with van der Waals surface area (Å²) in [5.74, 6) is 2.94. The van der Waals surface area contributed by atoms with Crippen LogP contribution in [0.2, 0.25) is 0 Å². The summed E-state index contributed by atoms with van der Waals surface area (Å²) in [5.41, 5.74) is 4.58. The summed E-state index contributed by atoms with van der Waals surface area (Å²) in [6.45, 7) is 4.58. The van der Waals surface area contributed by atoms with E-state index in [1.165, 1.54) is 82.6 Å². The summed E-state index contributed by atoms with van der Waals surface area (Å²) in [7, 11) is 0. The average molecular weight is 449 g/mol. The number of halogens is 1. The molecule has 33 heavy (non-hydrogen) atoms. The van der Waals surface area contributed by atoms with E-state index < -0.39 is 0 Å². The summed E-state index contributed by atoms with van der Waals surface area (Å²) in [6, 6.07) is 15.0. The zero-order chi connectivity index (χ0) is 23.0. The zero-order valence-electron chi connectivity index (χ0n) is 21.1. The molecular weight excluding hydrogens is 403 g/mol. The highest BCUT2D eigenvalue weighted by molar-refractivity contribution is 5.64. The van der Waals surface area contributed by atoms with E-state index in [2.05, 4.69) is 50.2 Å². The minimum atomic E-state index is 0.000237. The van der Waals surface area contributed by atoms with Crippen LogP contribution in [0.3, 0.4) is 0 Å². The highest BCUT2D eigenvalue weighted by atomic mass is 19.1. The van der Waals surface area contributed by atoms with Gasteiger partial charge in [-0.1, -0.05) is 88.8 Å². The molecule has 0 saturated heterocycles. The molecule has 0 radical (unpaired) electrons. The summed E-state index contributed by atoms with van der Waals surface area (Å²) in [6.07, 6.45) is 18.4. The smallest absolute Gasteiger partial charge is 0.127 e. The highest BCUT2D eigenvalue weighted by Crippen LogP contribution is 2.40. The lowest BCUT2D eigenvalue weighted by molar-refractivity contribution is 0.299. The van der Waals surface area contributed by atoms with Gasteiger partial charge in [-0.3, -0.25) is 0 Å². The Balaban J connectivity index is 1.33. The lowest BCUT2D eigenvalue weighted by atomic mass is 9.76.